The summed E-state index contributed by atoms with van der Waals surface area (Å²) >= 11 is 0. The Morgan fingerprint density at radius 3 is 2.59 bits per heavy atom. The third kappa shape index (κ3) is 2.20. The van der Waals surface area contributed by atoms with Crippen LogP contribution in [-0.4, -0.2) is 14.8 Å². The molecule has 3 N–H and O–H groups in total. The Morgan fingerprint density at radius 1 is 1.29 bits per heavy atom. The van der Waals surface area contributed by atoms with Crippen LogP contribution in [0.2, 0.25) is 0 Å². The molecule has 0 radical (unpaired) electrons. The van der Waals surface area contributed by atoms with E-state index in [1.54, 1.807) is 0 Å². The molecular formula is C12H17N5. The summed E-state index contributed by atoms with van der Waals surface area (Å²) in [4.78, 5) is 4.19. The summed E-state index contributed by atoms with van der Waals surface area (Å²) in [6, 6.07) is 2.00. The average Bonchev–Trinajstić information content (AvgIpc) is 2.63. The monoisotopic (exact) mass is 231 g/mol. The highest BCUT2D eigenvalue weighted by Crippen LogP contribution is 2.23. The molecule has 5 nitrogen and oxygen atoms in total. The van der Waals surface area contributed by atoms with Crippen molar-refractivity contribution in [2.75, 3.05) is 0 Å². The Labute approximate surface area is 101 Å². The normalized spacial score (nSPS) is 12.7. The van der Waals surface area contributed by atoms with E-state index in [-0.39, 0.29) is 6.04 Å². The van der Waals surface area contributed by atoms with Gasteiger partial charge in [-0.3, -0.25) is 15.5 Å². The topological polar surface area (TPSA) is 68.8 Å². The predicted molar refractivity (Wildman–Crippen MR) is 66.1 cm³/mol. The first-order valence-corrected chi connectivity index (χ1v) is 5.49. The third-order valence-corrected chi connectivity index (χ3v) is 2.98. The summed E-state index contributed by atoms with van der Waals surface area (Å²) in [5.74, 6) is 5.65. The Morgan fingerprint density at radius 2 is 2.06 bits per heavy atom. The van der Waals surface area contributed by atoms with E-state index in [1.165, 1.54) is 0 Å². The molecule has 1 unspecified atom stereocenters. The number of hydrogen-bond donors (Lipinski definition) is 2. The minimum Gasteiger partial charge on any atom is -0.273 e. The van der Waals surface area contributed by atoms with E-state index < -0.39 is 0 Å². The zero-order valence-corrected chi connectivity index (χ0v) is 10.3. The van der Waals surface area contributed by atoms with Crippen LogP contribution < -0.4 is 11.3 Å². The van der Waals surface area contributed by atoms with Crippen LogP contribution in [0.15, 0.2) is 24.7 Å². The van der Waals surface area contributed by atoms with Gasteiger partial charge < -0.3 is 0 Å². The molecule has 17 heavy (non-hydrogen) atoms. The molecule has 0 aliphatic carbocycles. The number of nitrogens with two attached hydrogens (primary N) is 1. The molecule has 2 heterocycles. The van der Waals surface area contributed by atoms with E-state index >= 15 is 0 Å². The molecule has 5 heteroatoms. The highest BCUT2D eigenvalue weighted by Gasteiger charge is 2.17. The molecule has 0 aromatic carbocycles. The van der Waals surface area contributed by atoms with Crippen molar-refractivity contribution in [2.45, 2.75) is 19.9 Å². The van der Waals surface area contributed by atoms with Crippen molar-refractivity contribution in [3.63, 3.8) is 0 Å². The first-order valence-electron chi connectivity index (χ1n) is 5.49. The molecule has 0 spiro atoms. The van der Waals surface area contributed by atoms with E-state index in [0.29, 0.717) is 0 Å². The van der Waals surface area contributed by atoms with Crippen LogP contribution in [0.5, 0.6) is 0 Å². The molecule has 2 aromatic heterocycles. The SMILES string of the molecule is Cc1cncc(C(NN)c2cnn(C)c2C)c1. The summed E-state index contributed by atoms with van der Waals surface area (Å²) in [5.41, 5.74) is 7.15. The lowest BCUT2D eigenvalue weighted by atomic mass is 10.0. The number of aromatic nitrogens is 3. The molecular weight excluding hydrogens is 214 g/mol. The highest BCUT2D eigenvalue weighted by molar-refractivity contribution is 5.32. The minimum atomic E-state index is -0.0731. The van der Waals surface area contributed by atoms with E-state index in [9.17, 15) is 0 Å². The van der Waals surface area contributed by atoms with E-state index in [0.717, 1.165) is 22.4 Å². The van der Waals surface area contributed by atoms with Gasteiger partial charge in [-0.1, -0.05) is 6.07 Å². The number of pyridine rings is 1. The Balaban J connectivity index is 2.44. The first-order chi connectivity index (χ1) is 8.13. The molecule has 0 fully saturated rings. The van der Waals surface area contributed by atoms with Gasteiger partial charge in [-0.05, 0) is 25.0 Å². The number of hydrazine groups is 1. The standard InChI is InChI=1S/C12H17N5/c1-8-4-10(6-14-5-8)12(16-13)11-7-15-17(3)9(11)2/h4-7,12,16H,13H2,1-3H3. The quantitative estimate of drug-likeness (QED) is 0.610. The Hall–Kier alpha value is -1.72. The summed E-state index contributed by atoms with van der Waals surface area (Å²) in [5, 5.41) is 4.23. The number of rotatable bonds is 3. The fraction of sp³-hybridized carbons (Fsp3) is 0.333. The Bertz CT molecular complexity index is 517. The van der Waals surface area contributed by atoms with Gasteiger partial charge in [-0.2, -0.15) is 5.10 Å². The number of aryl methyl sites for hydroxylation is 2. The average molecular weight is 231 g/mol. The second kappa shape index (κ2) is 4.65. The molecule has 2 rings (SSSR count). The van der Waals surface area contributed by atoms with E-state index in [1.807, 2.05) is 44.2 Å². The maximum Gasteiger partial charge on any atom is 0.0758 e. The van der Waals surface area contributed by atoms with Crippen molar-refractivity contribution >= 4 is 0 Å². The van der Waals surface area contributed by atoms with Gasteiger partial charge in [-0.15, -0.1) is 0 Å². The van der Waals surface area contributed by atoms with E-state index in [4.69, 9.17) is 5.84 Å². The van der Waals surface area contributed by atoms with Crippen LogP contribution in [0.3, 0.4) is 0 Å². The van der Waals surface area contributed by atoms with Gasteiger partial charge in [0, 0.05) is 30.7 Å². The van der Waals surface area contributed by atoms with Crippen LogP contribution >= 0.6 is 0 Å². The summed E-state index contributed by atoms with van der Waals surface area (Å²) in [6.45, 7) is 4.04. The second-order valence-corrected chi connectivity index (χ2v) is 4.20. The van der Waals surface area contributed by atoms with Crippen molar-refractivity contribution in [1.82, 2.24) is 20.2 Å². The summed E-state index contributed by atoms with van der Waals surface area (Å²) < 4.78 is 1.84. The molecule has 2 aromatic rings. The van der Waals surface area contributed by atoms with Crippen LogP contribution in [-0.2, 0) is 7.05 Å². The van der Waals surface area contributed by atoms with Gasteiger partial charge in [0.2, 0.25) is 0 Å². The lowest BCUT2D eigenvalue weighted by Gasteiger charge is -2.16. The Kier molecular flexibility index (Phi) is 3.21. The van der Waals surface area contributed by atoms with Crippen LogP contribution in [0.25, 0.3) is 0 Å². The lowest BCUT2D eigenvalue weighted by molar-refractivity contribution is 0.627. The molecule has 0 saturated carbocycles. The van der Waals surface area contributed by atoms with Gasteiger partial charge in [0.1, 0.15) is 0 Å². The van der Waals surface area contributed by atoms with Crippen LogP contribution in [0.4, 0.5) is 0 Å². The predicted octanol–water partition coefficient (Wildman–Crippen LogP) is 0.985. The van der Waals surface area contributed by atoms with Gasteiger partial charge in [-0.25, -0.2) is 5.43 Å². The van der Waals surface area contributed by atoms with Gasteiger partial charge >= 0.3 is 0 Å². The van der Waals surface area contributed by atoms with Crippen molar-refractivity contribution < 1.29 is 0 Å². The smallest absolute Gasteiger partial charge is 0.0758 e. The minimum absolute atomic E-state index is 0.0731. The van der Waals surface area contributed by atoms with Crippen LogP contribution in [0.1, 0.15) is 28.4 Å². The maximum atomic E-state index is 5.65. The fourth-order valence-corrected chi connectivity index (χ4v) is 1.90. The number of nitrogens with one attached hydrogen (secondary N) is 1. The number of nitrogens with zero attached hydrogens (tertiary/aromatic N) is 3. The van der Waals surface area contributed by atoms with Crippen molar-refractivity contribution in [3.8, 4) is 0 Å². The molecule has 1 atom stereocenters. The van der Waals surface area contributed by atoms with Crippen LogP contribution in [0, 0.1) is 13.8 Å². The summed E-state index contributed by atoms with van der Waals surface area (Å²) in [7, 11) is 1.92. The zero-order valence-electron chi connectivity index (χ0n) is 10.3. The largest absolute Gasteiger partial charge is 0.273 e. The van der Waals surface area contributed by atoms with E-state index in [2.05, 4.69) is 21.6 Å². The summed E-state index contributed by atoms with van der Waals surface area (Å²) in [6.07, 6.45) is 5.49. The highest BCUT2D eigenvalue weighted by atomic mass is 15.3. The van der Waals surface area contributed by atoms with Crippen molar-refractivity contribution in [3.05, 3.63) is 47.0 Å². The van der Waals surface area contributed by atoms with Gasteiger partial charge in [0.25, 0.3) is 0 Å². The van der Waals surface area contributed by atoms with Crippen molar-refractivity contribution in [1.29, 1.82) is 0 Å². The molecule has 0 aliphatic rings. The van der Waals surface area contributed by atoms with Gasteiger partial charge in [0.05, 0.1) is 12.2 Å². The number of hydrogen-bond acceptors (Lipinski definition) is 4. The van der Waals surface area contributed by atoms with Gasteiger partial charge in [0.15, 0.2) is 0 Å². The second-order valence-electron chi connectivity index (χ2n) is 4.20. The third-order valence-electron chi connectivity index (χ3n) is 2.98. The molecule has 0 aliphatic heterocycles. The lowest BCUT2D eigenvalue weighted by Crippen LogP contribution is -2.29. The zero-order chi connectivity index (χ0) is 12.4. The molecule has 0 amide bonds. The first kappa shape index (κ1) is 11.8. The fourth-order valence-electron chi connectivity index (χ4n) is 1.90. The maximum absolute atomic E-state index is 5.65. The molecule has 0 saturated heterocycles. The molecule has 90 valence electrons. The van der Waals surface area contributed by atoms with Crippen molar-refractivity contribution in [2.24, 2.45) is 12.9 Å². The molecule has 0 bridgehead atoms.